The third kappa shape index (κ3) is 1.87. The Kier molecular flexibility index (Phi) is 2.82. The van der Waals surface area contributed by atoms with E-state index in [1.807, 2.05) is 0 Å². The zero-order valence-corrected chi connectivity index (χ0v) is 9.56. The van der Waals surface area contributed by atoms with Crippen LogP contribution in [-0.2, 0) is 0 Å². The van der Waals surface area contributed by atoms with Crippen molar-refractivity contribution in [2.45, 2.75) is 0 Å². The highest BCUT2D eigenvalue weighted by molar-refractivity contribution is 6.06. The number of pyridine rings is 1. The third-order valence-corrected chi connectivity index (χ3v) is 2.50. The van der Waals surface area contributed by atoms with Crippen LogP contribution < -0.4 is 15.2 Å². The molecular weight excluding hydrogens is 220 g/mol. The highest BCUT2D eigenvalue weighted by Crippen LogP contribution is 2.31. The molecule has 0 aliphatic heterocycles. The highest BCUT2D eigenvalue weighted by atomic mass is 16.5. The lowest BCUT2D eigenvalue weighted by atomic mass is 10.1. The number of fused-ring (bicyclic) bond motifs is 1. The fourth-order valence-corrected chi connectivity index (χ4v) is 1.71. The maximum atomic E-state index is 11.3. The highest BCUT2D eigenvalue weighted by Gasteiger charge is 2.12. The van der Waals surface area contributed by atoms with Gasteiger partial charge in [-0.05, 0) is 12.1 Å². The zero-order chi connectivity index (χ0) is 12.4. The molecule has 2 rings (SSSR count). The minimum absolute atomic E-state index is 0.208. The summed E-state index contributed by atoms with van der Waals surface area (Å²) in [7, 11) is 3.10. The van der Waals surface area contributed by atoms with Gasteiger partial charge in [-0.15, -0.1) is 0 Å². The summed E-state index contributed by atoms with van der Waals surface area (Å²) in [5.74, 6) is 0.625. The first-order chi connectivity index (χ1) is 8.17. The molecule has 0 spiro atoms. The van der Waals surface area contributed by atoms with Gasteiger partial charge in [0.15, 0.2) is 0 Å². The van der Waals surface area contributed by atoms with Crippen LogP contribution in [-0.4, -0.2) is 25.1 Å². The summed E-state index contributed by atoms with van der Waals surface area (Å²) >= 11 is 0. The van der Waals surface area contributed by atoms with E-state index in [2.05, 4.69) is 4.98 Å². The van der Waals surface area contributed by atoms with E-state index in [0.717, 1.165) is 5.39 Å². The molecule has 0 bridgehead atoms. The average molecular weight is 232 g/mol. The van der Waals surface area contributed by atoms with Gasteiger partial charge >= 0.3 is 0 Å². The molecule has 0 aliphatic carbocycles. The quantitative estimate of drug-likeness (QED) is 0.866. The van der Waals surface area contributed by atoms with Crippen molar-refractivity contribution in [3.05, 3.63) is 30.1 Å². The van der Waals surface area contributed by atoms with Gasteiger partial charge in [-0.25, -0.2) is 0 Å². The topological polar surface area (TPSA) is 74.4 Å². The number of methoxy groups -OCH3 is 2. The summed E-state index contributed by atoms with van der Waals surface area (Å²) in [6.07, 6.45) is 1.53. The smallest absolute Gasteiger partial charge is 0.267 e. The van der Waals surface area contributed by atoms with E-state index < -0.39 is 5.91 Å². The summed E-state index contributed by atoms with van der Waals surface area (Å²) in [5.41, 5.74) is 5.49. The molecule has 1 aromatic carbocycles. The third-order valence-electron chi connectivity index (χ3n) is 2.50. The average Bonchev–Trinajstić information content (AvgIpc) is 2.36. The molecule has 0 fully saturated rings. The van der Waals surface area contributed by atoms with Gasteiger partial charge < -0.3 is 15.2 Å². The number of benzene rings is 1. The minimum Gasteiger partial charge on any atom is -0.497 e. The number of carbonyl (C=O) groups excluding carboxylic acids is 1. The Hall–Kier alpha value is -2.30. The van der Waals surface area contributed by atoms with E-state index in [4.69, 9.17) is 15.2 Å². The Morgan fingerprint density at radius 2 is 2.00 bits per heavy atom. The molecule has 88 valence electrons. The maximum absolute atomic E-state index is 11.3. The van der Waals surface area contributed by atoms with Crippen LogP contribution in [0.5, 0.6) is 11.5 Å². The Morgan fingerprint density at radius 3 is 2.59 bits per heavy atom. The molecule has 0 radical (unpaired) electrons. The van der Waals surface area contributed by atoms with E-state index in [1.54, 1.807) is 32.4 Å². The summed E-state index contributed by atoms with van der Waals surface area (Å²) in [4.78, 5) is 15.3. The number of rotatable bonds is 3. The lowest BCUT2D eigenvalue weighted by Crippen LogP contribution is -2.13. The van der Waals surface area contributed by atoms with Gasteiger partial charge in [0.25, 0.3) is 5.91 Å². The largest absolute Gasteiger partial charge is 0.497 e. The standard InChI is InChI=1S/C12H12N2O3/c1-16-7-5-9-8(10(6-7)17-2)3-4-14-11(9)12(13)15/h3-6H,1-2H3,(H2,13,15). The molecule has 1 aromatic heterocycles. The van der Waals surface area contributed by atoms with Crippen LogP contribution in [0.4, 0.5) is 0 Å². The number of aromatic nitrogens is 1. The van der Waals surface area contributed by atoms with Crippen molar-refractivity contribution in [2.75, 3.05) is 14.2 Å². The van der Waals surface area contributed by atoms with Crippen molar-refractivity contribution in [1.29, 1.82) is 0 Å². The van der Waals surface area contributed by atoms with Gasteiger partial charge in [0.1, 0.15) is 17.2 Å². The fourth-order valence-electron chi connectivity index (χ4n) is 1.71. The second kappa shape index (κ2) is 4.29. The summed E-state index contributed by atoms with van der Waals surface area (Å²) < 4.78 is 10.4. The second-order valence-electron chi connectivity index (χ2n) is 3.45. The van der Waals surface area contributed by atoms with Crippen LogP contribution in [0.3, 0.4) is 0 Å². The lowest BCUT2D eigenvalue weighted by molar-refractivity contribution is 0.0997. The predicted molar refractivity (Wildman–Crippen MR) is 63.4 cm³/mol. The summed E-state index contributed by atoms with van der Waals surface area (Å²) in [6.45, 7) is 0. The number of amides is 1. The van der Waals surface area contributed by atoms with Crippen LogP contribution in [0.1, 0.15) is 10.5 Å². The first-order valence-electron chi connectivity index (χ1n) is 4.98. The molecule has 5 heteroatoms. The number of hydrogen-bond acceptors (Lipinski definition) is 4. The molecule has 1 amide bonds. The number of nitrogens with two attached hydrogens (primary N) is 1. The van der Waals surface area contributed by atoms with Gasteiger partial charge in [-0.3, -0.25) is 9.78 Å². The Balaban J connectivity index is 2.84. The van der Waals surface area contributed by atoms with E-state index in [0.29, 0.717) is 16.9 Å². The van der Waals surface area contributed by atoms with Crippen molar-refractivity contribution in [2.24, 2.45) is 5.73 Å². The van der Waals surface area contributed by atoms with Crippen LogP contribution >= 0.6 is 0 Å². The fraction of sp³-hybridized carbons (Fsp3) is 0.167. The van der Waals surface area contributed by atoms with Gasteiger partial charge in [-0.1, -0.05) is 0 Å². The lowest BCUT2D eigenvalue weighted by Gasteiger charge is -2.09. The molecule has 0 atom stereocenters. The van der Waals surface area contributed by atoms with Gasteiger partial charge in [0, 0.05) is 23.0 Å². The summed E-state index contributed by atoms with van der Waals surface area (Å²) in [6, 6.07) is 5.22. The SMILES string of the molecule is COc1cc(OC)c2ccnc(C(N)=O)c2c1. The molecule has 0 saturated carbocycles. The number of primary amides is 1. The van der Waals surface area contributed by atoms with Crippen LogP contribution in [0, 0.1) is 0 Å². The van der Waals surface area contributed by atoms with Crippen LogP contribution in [0.15, 0.2) is 24.4 Å². The molecule has 0 saturated heterocycles. The summed E-state index contributed by atoms with van der Waals surface area (Å²) in [5, 5.41) is 1.40. The van der Waals surface area contributed by atoms with Crippen molar-refractivity contribution in [3.63, 3.8) is 0 Å². The molecule has 2 aromatic rings. The molecule has 2 N–H and O–H groups in total. The van der Waals surface area contributed by atoms with Crippen molar-refractivity contribution >= 4 is 16.7 Å². The monoisotopic (exact) mass is 232 g/mol. The molecule has 0 aliphatic rings. The normalized spacial score (nSPS) is 10.2. The molecule has 0 unspecified atom stereocenters. The number of hydrogen-bond donors (Lipinski definition) is 1. The van der Waals surface area contributed by atoms with E-state index in [1.165, 1.54) is 6.20 Å². The van der Waals surface area contributed by atoms with Gasteiger partial charge in [-0.2, -0.15) is 0 Å². The molecule has 17 heavy (non-hydrogen) atoms. The maximum Gasteiger partial charge on any atom is 0.267 e. The predicted octanol–water partition coefficient (Wildman–Crippen LogP) is 1.35. The van der Waals surface area contributed by atoms with E-state index in [9.17, 15) is 4.79 Å². The Labute approximate surface area is 98.2 Å². The number of carbonyl (C=O) groups is 1. The van der Waals surface area contributed by atoms with Gasteiger partial charge in [0.05, 0.1) is 14.2 Å². The second-order valence-corrected chi connectivity index (χ2v) is 3.45. The molecular formula is C12H12N2O3. The van der Waals surface area contributed by atoms with E-state index in [-0.39, 0.29) is 5.69 Å². The van der Waals surface area contributed by atoms with Crippen LogP contribution in [0.25, 0.3) is 10.8 Å². The Morgan fingerprint density at radius 1 is 1.24 bits per heavy atom. The number of ether oxygens (including phenoxy) is 2. The van der Waals surface area contributed by atoms with Gasteiger partial charge in [0.2, 0.25) is 0 Å². The minimum atomic E-state index is -0.578. The van der Waals surface area contributed by atoms with Crippen molar-refractivity contribution in [3.8, 4) is 11.5 Å². The molecule has 5 nitrogen and oxygen atoms in total. The number of nitrogens with zero attached hydrogens (tertiary/aromatic N) is 1. The van der Waals surface area contributed by atoms with Crippen molar-refractivity contribution in [1.82, 2.24) is 4.98 Å². The Bertz CT molecular complexity index is 581. The van der Waals surface area contributed by atoms with Crippen LogP contribution in [0.2, 0.25) is 0 Å². The van der Waals surface area contributed by atoms with Crippen molar-refractivity contribution < 1.29 is 14.3 Å². The first-order valence-corrected chi connectivity index (χ1v) is 4.98. The first kappa shape index (κ1) is 11.2. The zero-order valence-electron chi connectivity index (χ0n) is 9.56. The van der Waals surface area contributed by atoms with E-state index >= 15 is 0 Å². The molecule has 1 heterocycles.